The molecular weight excluding hydrogens is 258 g/mol. The number of nitrogens with two attached hydrogens (primary N) is 1. The summed E-state index contributed by atoms with van der Waals surface area (Å²) in [6.45, 7) is 3.24. The van der Waals surface area contributed by atoms with Crippen molar-refractivity contribution >= 4 is 21.5 Å². The molecule has 98 valence electrons. The minimum Gasteiger partial charge on any atom is -0.330 e. The van der Waals surface area contributed by atoms with E-state index in [4.69, 9.17) is 5.73 Å². The lowest BCUT2D eigenvalue weighted by Gasteiger charge is -2.17. The summed E-state index contributed by atoms with van der Waals surface area (Å²) in [5.74, 6) is 0. The molecule has 0 unspecified atom stereocenters. The van der Waals surface area contributed by atoms with E-state index >= 15 is 0 Å². The van der Waals surface area contributed by atoms with Crippen molar-refractivity contribution in [3.8, 4) is 0 Å². The molecule has 0 radical (unpaired) electrons. The fourth-order valence-corrected chi connectivity index (χ4v) is 3.07. The third kappa shape index (κ3) is 4.36. The van der Waals surface area contributed by atoms with Crippen LogP contribution in [0, 0.1) is 6.92 Å². The van der Waals surface area contributed by atoms with Crippen LogP contribution in [-0.2, 0) is 16.8 Å². The number of hydrogen-bond acceptors (Lipinski definition) is 4. The molecule has 0 saturated heterocycles. The Balaban J connectivity index is 2.52. The van der Waals surface area contributed by atoms with Crippen molar-refractivity contribution in [3.63, 3.8) is 0 Å². The van der Waals surface area contributed by atoms with Gasteiger partial charge in [0, 0.05) is 20.1 Å². The van der Waals surface area contributed by atoms with E-state index in [1.54, 1.807) is 18.4 Å². The third-order valence-electron chi connectivity index (χ3n) is 2.49. The van der Waals surface area contributed by atoms with Gasteiger partial charge in [-0.05, 0) is 41.8 Å². The van der Waals surface area contributed by atoms with E-state index in [1.165, 1.54) is 4.31 Å². The number of aryl methyl sites for hydroxylation is 1. The van der Waals surface area contributed by atoms with E-state index in [9.17, 15) is 8.42 Å². The Hall–Kier alpha value is -0.470. The number of nitrogens with one attached hydrogen (secondary N) is 1. The van der Waals surface area contributed by atoms with E-state index in [1.807, 2.05) is 17.7 Å². The monoisotopic (exact) mass is 277 g/mol. The normalized spacial score (nSPS) is 12.2. The van der Waals surface area contributed by atoms with E-state index in [2.05, 4.69) is 4.72 Å². The first kappa shape index (κ1) is 14.6. The van der Waals surface area contributed by atoms with E-state index in [0.717, 1.165) is 11.1 Å². The molecule has 17 heavy (non-hydrogen) atoms. The molecule has 1 rings (SSSR count). The van der Waals surface area contributed by atoms with Gasteiger partial charge in [-0.2, -0.15) is 28.8 Å². The third-order valence-corrected chi connectivity index (χ3v) is 4.92. The van der Waals surface area contributed by atoms with Crippen LogP contribution in [0.25, 0.3) is 0 Å². The first-order valence-corrected chi connectivity index (χ1v) is 7.78. The van der Waals surface area contributed by atoms with Crippen molar-refractivity contribution in [2.75, 3.05) is 20.1 Å². The van der Waals surface area contributed by atoms with E-state index in [0.29, 0.717) is 26.1 Å². The molecule has 0 aliphatic carbocycles. The molecule has 0 saturated carbocycles. The summed E-state index contributed by atoms with van der Waals surface area (Å²) in [6.07, 6.45) is 0.662. The maximum Gasteiger partial charge on any atom is 0.279 e. The lowest BCUT2D eigenvalue weighted by Crippen LogP contribution is -2.38. The van der Waals surface area contributed by atoms with Gasteiger partial charge in [-0.25, -0.2) is 0 Å². The maximum absolute atomic E-state index is 11.8. The summed E-state index contributed by atoms with van der Waals surface area (Å²) in [5, 5.41) is 3.96. The van der Waals surface area contributed by atoms with Crippen LogP contribution in [0.5, 0.6) is 0 Å². The van der Waals surface area contributed by atoms with Crippen LogP contribution in [0.15, 0.2) is 10.8 Å². The van der Waals surface area contributed by atoms with Gasteiger partial charge in [0.15, 0.2) is 0 Å². The fraction of sp³-hybridized carbons (Fsp3) is 0.600. The highest BCUT2D eigenvalue weighted by atomic mass is 32.2. The van der Waals surface area contributed by atoms with E-state index in [-0.39, 0.29) is 0 Å². The molecule has 5 nitrogen and oxygen atoms in total. The topological polar surface area (TPSA) is 75.4 Å². The summed E-state index contributed by atoms with van der Waals surface area (Å²) >= 11 is 1.57. The Morgan fingerprint density at radius 3 is 2.71 bits per heavy atom. The lowest BCUT2D eigenvalue weighted by molar-refractivity contribution is 0.452. The minimum atomic E-state index is -3.39. The molecule has 0 amide bonds. The van der Waals surface area contributed by atoms with Gasteiger partial charge in [-0.3, -0.25) is 0 Å². The van der Waals surface area contributed by atoms with Crippen molar-refractivity contribution < 1.29 is 8.42 Å². The van der Waals surface area contributed by atoms with Crippen LogP contribution in [0.2, 0.25) is 0 Å². The molecule has 0 aliphatic rings. The lowest BCUT2D eigenvalue weighted by atomic mass is 10.2. The van der Waals surface area contributed by atoms with Gasteiger partial charge in [0.05, 0.1) is 0 Å². The van der Waals surface area contributed by atoms with Gasteiger partial charge in [-0.1, -0.05) is 0 Å². The minimum absolute atomic E-state index is 0.338. The summed E-state index contributed by atoms with van der Waals surface area (Å²) < 4.78 is 27.5. The smallest absolute Gasteiger partial charge is 0.279 e. The molecule has 7 heteroatoms. The molecule has 0 aliphatic heterocycles. The van der Waals surface area contributed by atoms with Crippen molar-refractivity contribution in [1.82, 2.24) is 9.03 Å². The summed E-state index contributed by atoms with van der Waals surface area (Å²) in [6, 6.07) is 0. The standard InChI is InChI=1S/C10H19N3O2S2/c1-9-7-16-8-10(9)6-12-17(14,15)13(2)5-3-4-11/h7-8,12H,3-6,11H2,1-2H3. The van der Waals surface area contributed by atoms with Crippen molar-refractivity contribution in [2.24, 2.45) is 5.73 Å². The zero-order valence-corrected chi connectivity index (χ0v) is 11.8. The summed E-state index contributed by atoms with van der Waals surface area (Å²) in [4.78, 5) is 0. The highest BCUT2D eigenvalue weighted by Gasteiger charge is 2.16. The van der Waals surface area contributed by atoms with Crippen LogP contribution < -0.4 is 10.5 Å². The second-order valence-corrected chi connectivity index (χ2v) is 6.48. The van der Waals surface area contributed by atoms with E-state index < -0.39 is 10.2 Å². The first-order chi connectivity index (χ1) is 7.97. The van der Waals surface area contributed by atoms with Crippen LogP contribution in [0.1, 0.15) is 17.5 Å². The number of hydrogen-bond donors (Lipinski definition) is 2. The molecule has 3 N–H and O–H groups in total. The zero-order chi connectivity index (χ0) is 12.9. The van der Waals surface area contributed by atoms with Crippen molar-refractivity contribution in [3.05, 3.63) is 21.9 Å². The van der Waals surface area contributed by atoms with Gasteiger partial charge in [0.1, 0.15) is 0 Å². The Kier molecular flexibility index (Phi) is 5.54. The highest BCUT2D eigenvalue weighted by molar-refractivity contribution is 7.87. The van der Waals surface area contributed by atoms with Gasteiger partial charge >= 0.3 is 0 Å². The van der Waals surface area contributed by atoms with Gasteiger partial charge < -0.3 is 5.73 Å². The second-order valence-electron chi connectivity index (χ2n) is 3.87. The molecule has 1 heterocycles. The maximum atomic E-state index is 11.8. The Bertz CT molecular complexity index is 442. The van der Waals surface area contributed by atoms with Crippen molar-refractivity contribution in [2.45, 2.75) is 19.9 Å². The van der Waals surface area contributed by atoms with Crippen LogP contribution in [0.4, 0.5) is 0 Å². The Morgan fingerprint density at radius 2 is 2.18 bits per heavy atom. The molecule has 1 aromatic heterocycles. The average Bonchev–Trinajstić information content (AvgIpc) is 2.69. The SMILES string of the molecule is Cc1cscc1CNS(=O)(=O)N(C)CCCN. The molecule has 0 bridgehead atoms. The quantitative estimate of drug-likeness (QED) is 0.769. The molecule has 0 atom stereocenters. The number of thiophene rings is 1. The molecule has 0 fully saturated rings. The molecular formula is C10H19N3O2S2. The van der Waals surface area contributed by atoms with Crippen LogP contribution in [0.3, 0.4) is 0 Å². The molecule has 0 aromatic carbocycles. The Labute approximate surface area is 107 Å². The second kappa shape index (κ2) is 6.46. The highest BCUT2D eigenvalue weighted by Crippen LogP contribution is 2.13. The Morgan fingerprint density at radius 1 is 1.47 bits per heavy atom. The predicted octanol–water partition coefficient (Wildman–Crippen LogP) is 0.672. The fourth-order valence-electron chi connectivity index (χ4n) is 1.28. The van der Waals surface area contributed by atoms with Gasteiger partial charge in [-0.15, -0.1) is 0 Å². The predicted molar refractivity (Wildman–Crippen MR) is 71.1 cm³/mol. The van der Waals surface area contributed by atoms with Crippen molar-refractivity contribution in [1.29, 1.82) is 0 Å². The van der Waals surface area contributed by atoms with Gasteiger partial charge in [0.2, 0.25) is 0 Å². The van der Waals surface area contributed by atoms with Crippen LogP contribution >= 0.6 is 11.3 Å². The molecule has 0 spiro atoms. The summed E-state index contributed by atoms with van der Waals surface area (Å²) in [5.41, 5.74) is 7.48. The van der Waals surface area contributed by atoms with Gasteiger partial charge in [0.25, 0.3) is 10.2 Å². The number of rotatable bonds is 7. The number of nitrogens with zero attached hydrogens (tertiary/aromatic N) is 1. The summed E-state index contributed by atoms with van der Waals surface area (Å²) in [7, 11) is -1.84. The average molecular weight is 277 g/mol. The first-order valence-electron chi connectivity index (χ1n) is 5.40. The van der Waals surface area contributed by atoms with Crippen LogP contribution in [-0.4, -0.2) is 32.9 Å². The largest absolute Gasteiger partial charge is 0.330 e. The molecule has 1 aromatic rings. The zero-order valence-electron chi connectivity index (χ0n) is 10.1.